The van der Waals surface area contributed by atoms with Gasteiger partial charge in [0.2, 0.25) is 0 Å². The lowest BCUT2D eigenvalue weighted by Gasteiger charge is -2.09. The minimum atomic E-state index is -0.309. The van der Waals surface area contributed by atoms with Crippen molar-refractivity contribution in [2.45, 2.75) is 6.54 Å². The Labute approximate surface area is 166 Å². The topological polar surface area (TPSA) is 71.1 Å². The number of hydrogen-bond acceptors (Lipinski definition) is 3. The van der Waals surface area contributed by atoms with E-state index in [2.05, 4.69) is 15.6 Å². The van der Waals surface area contributed by atoms with E-state index in [-0.39, 0.29) is 11.8 Å². The van der Waals surface area contributed by atoms with Crippen molar-refractivity contribution in [2.24, 2.45) is 0 Å². The second-order valence-electron chi connectivity index (χ2n) is 5.70. The van der Waals surface area contributed by atoms with Crippen molar-refractivity contribution in [3.8, 4) is 0 Å². The summed E-state index contributed by atoms with van der Waals surface area (Å²) in [4.78, 5) is 28.3. The van der Waals surface area contributed by atoms with Crippen molar-refractivity contribution in [1.29, 1.82) is 0 Å². The third kappa shape index (κ3) is 5.06. The molecule has 3 rings (SSSR count). The summed E-state index contributed by atoms with van der Waals surface area (Å²) in [5.74, 6) is -0.545. The van der Waals surface area contributed by atoms with E-state index in [1.54, 1.807) is 42.6 Å². The lowest BCUT2D eigenvalue weighted by Crippen LogP contribution is -2.23. The number of hydrogen-bond donors (Lipinski definition) is 2. The summed E-state index contributed by atoms with van der Waals surface area (Å²) in [6.45, 7) is 0.318. The van der Waals surface area contributed by atoms with Crippen molar-refractivity contribution in [2.75, 3.05) is 5.32 Å². The molecule has 0 bridgehead atoms. The van der Waals surface area contributed by atoms with Gasteiger partial charge in [0.05, 0.1) is 16.1 Å². The van der Waals surface area contributed by atoms with Gasteiger partial charge in [-0.3, -0.25) is 14.6 Å². The Balaban J connectivity index is 1.58. The summed E-state index contributed by atoms with van der Waals surface area (Å²) in [5, 5.41) is 6.36. The molecule has 0 spiro atoms. The number of halogens is 2. The Bertz CT molecular complexity index is 961. The predicted molar refractivity (Wildman–Crippen MR) is 106 cm³/mol. The van der Waals surface area contributed by atoms with Crippen molar-refractivity contribution in [3.05, 3.63) is 93.7 Å². The van der Waals surface area contributed by atoms with Crippen LogP contribution in [0.15, 0.2) is 67.0 Å². The summed E-state index contributed by atoms with van der Waals surface area (Å²) in [7, 11) is 0. The van der Waals surface area contributed by atoms with Crippen LogP contribution in [-0.4, -0.2) is 16.8 Å². The van der Waals surface area contributed by atoms with Crippen LogP contribution in [0.4, 0.5) is 5.69 Å². The number of pyridine rings is 1. The number of benzene rings is 2. The Hall–Kier alpha value is -2.89. The van der Waals surface area contributed by atoms with E-state index >= 15 is 0 Å². The molecule has 0 aliphatic heterocycles. The van der Waals surface area contributed by atoms with Crippen LogP contribution in [0.1, 0.15) is 26.3 Å². The lowest BCUT2D eigenvalue weighted by atomic mass is 10.1. The molecule has 3 aromatic rings. The molecule has 0 saturated carbocycles. The largest absolute Gasteiger partial charge is 0.348 e. The fourth-order valence-corrected chi connectivity index (χ4v) is 2.73. The summed E-state index contributed by atoms with van der Waals surface area (Å²) < 4.78 is 0. The van der Waals surface area contributed by atoms with Crippen LogP contribution in [0, 0.1) is 0 Å². The van der Waals surface area contributed by atoms with Crippen LogP contribution in [0.2, 0.25) is 10.0 Å². The molecule has 1 heterocycles. The van der Waals surface area contributed by atoms with Crippen molar-refractivity contribution in [3.63, 3.8) is 0 Å². The zero-order valence-electron chi connectivity index (χ0n) is 14.1. The first-order valence-corrected chi connectivity index (χ1v) is 8.82. The molecule has 0 unspecified atom stereocenters. The van der Waals surface area contributed by atoms with Gasteiger partial charge < -0.3 is 10.6 Å². The molecular formula is C20H15Cl2N3O2. The Kier molecular flexibility index (Phi) is 6.06. The first-order valence-electron chi connectivity index (χ1n) is 8.06. The first kappa shape index (κ1) is 18.9. The summed E-state index contributed by atoms with van der Waals surface area (Å²) in [6, 6.07) is 15.3. The number of nitrogens with zero attached hydrogens (tertiary/aromatic N) is 1. The molecule has 7 heteroatoms. The third-order valence-corrected chi connectivity index (χ3v) is 4.33. The zero-order chi connectivity index (χ0) is 19.2. The average molecular weight is 400 g/mol. The fourth-order valence-electron chi connectivity index (χ4n) is 2.36. The molecule has 27 heavy (non-hydrogen) atoms. The van der Waals surface area contributed by atoms with E-state index in [0.29, 0.717) is 33.4 Å². The maximum atomic E-state index is 12.2. The van der Waals surface area contributed by atoms with Crippen LogP contribution in [0.25, 0.3) is 0 Å². The smallest absolute Gasteiger partial charge is 0.257 e. The van der Waals surface area contributed by atoms with Gasteiger partial charge in [-0.2, -0.15) is 0 Å². The number of nitrogens with one attached hydrogen (secondary N) is 2. The standard InChI is InChI=1S/C20H15Cl2N3O2/c21-15-5-8-18(22)17(10-15)20(27)24-11-13-3-6-16(7-4-13)25-19(26)14-2-1-9-23-12-14/h1-10,12H,11H2,(H,24,27)(H,25,26). The normalized spacial score (nSPS) is 10.3. The first-order chi connectivity index (χ1) is 13.0. The summed E-state index contributed by atoms with van der Waals surface area (Å²) >= 11 is 11.9. The average Bonchev–Trinajstić information content (AvgIpc) is 2.69. The van der Waals surface area contributed by atoms with Crippen molar-refractivity contribution >= 4 is 40.7 Å². The monoisotopic (exact) mass is 399 g/mol. The molecular weight excluding hydrogens is 385 g/mol. The molecule has 2 N–H and O–H groups in total. The molecule has 2 aromatic carbocycles. The molecule has 2 amide bonds. The van der Waals surface area contributed by atoms with E-state index < -0.39 is 0 Å². The number of carbonyl (C=O) groups is 2. The van der Waals surface area contributed by atoms with Gasteiger partial charge >= 0.3 is 0 Å². The molecule has 5 nitrogen and oxygen atoms in total. The van der Waals surface area contributed by atoms with Crippen LogP contribution in [0.3, 0.4) is 0 Å². The molecule has 1 aromatic heterocycles. The van der Waals surface area contributed by atoms with E-state index in [1.807, 2.05) is 12.1 Å². The van der Waals surface area contributed by atoms with Gasteiger partial charge in [0, 0.05) is 29.6 Å². The third-order valence-electron chi connectivity index (χ3n) is 3.76. The van der Waals surface area contributed by atoms with Gasteiger partial charge in [0.15, 0.2) is 0 Å². The van der Waals surface area contributed by atoms with Crippen LogP contribution >= 0.6 is 23.2 Å². The van der Waals surface area contributed by atoms with Gasteiger partial charge in [-0.1, -0.05) is 35.3 Å². The predicted octanol–water partition coefficient (Wildman–Crippen LogP) is 4.57. The number of rotatable bonds is 5. The highest BCUT2D eigenvalue weighted by atomic mass is 35.5. The highest BCUT2D eigenvalue weighted by Crippen LogP contribution is 2.20. The van der Waals surface area contributed by atoms with E-state index in [1.165, 1.54) is 12.3 Å². The lowest BCUT2D eigenvalue weighted by molar-refractivity contribution is 0.0950. The maximum absolute atomic E-state index is 12.2. The Morgan fingerprint density at radius 2 is 1.74 bits per heavy atom. The Morgan fingerprint density at radius 1 is 0.963 bits per heavy atom. The SMILES string of the molecule is O=C(Nc1ccc(CNC(=O)c2cc(Cl)ccc2Cl)cc1)c1cccnc1. The maximum Gasteiger partial charge on any atom is 0.257 e. The van der Waals surface area contributed by atoms with Crippen molar-refractivity contribution < 1.29 is 9.59 Å². The van der Waals surface area contributed by atoms with Crippen molar-refractivity contribution in [1.82, 2.24) is 10.3 Å². The van der Waals surface area contributed by atoms with Crippen LogP contribution < -0.4 is 10.6 Å². The minimum Gasteiger partial charge on any atom is -0.348 e. The zero-order valence-corrected chi connectivity index (χ0v) is 15.6. The Morgan fingerprint density at radius 3 is 2.44 bits per heavy atom. The molecule has 0 radical (unpaired) electrons. The number of anilines is 1. The van der Waals surface area contributed by atoms with Crippen LogP contribution in [-0.2, 0) is 6.54 Å². The van der Waals surface area contributed by atoms with Gasteiger partial charge in [0.1, 0.15) is 0 Å². The molecule has 0 aliphatic rings. The quantitative estimate of drug-likeness (QED) is 0.659. The molecule has 0 aliphatic carbocycles. The molecule has 0 atom stereocenters. The highest BCUT2D eigenvalue weighted by Gasteiger charge is 2.11. The molecule has 0 saturated heterocycles. The summed E-state index contributed by atoms with van der Waals surface area (Å²) in [5.41, 5.74) is 2.33. The second-order valence-corrected chi connectivity index (χ2v) is 6.54. The number of amides is 2. The van der Waals surface area contributed by atoms with Gasteiger partial charge in [0.25, 0.3) is 11.8 Å². The molecule has 136 valence electrons. The number of carbonyl (C=O) groups excluding carboxylic acids is 2. The minimum absolute atomic E-state index is 0.236. The van der Waals surface area contributed by atoms with E-state index in [9.17, 15) is 9.59 Å². The summed E-state index contributed by atoms with van der Waals surface area (Å²) in [6.07, 6.45) is 3.11. The van der Waals surface area contributed by atoms with Crippen LogP contribution in [0.5, 0.6) is 0 Å². The van der Waals surface area contributed by atoms with Gasteiger partial charge in [-0.25, -0.2) is 0 Å². The van der Waals surface area contributed by atoms with Gasteiger partial charge in [-0.05, 0) is 48.0 Å². The highest BCUT2D eigenvalue weighted by molar-refractivity contribution is 6.35. The molecule has 0 fully saturated rings. The fraction of sp³-hybridized carbons (Fsp3) is 0.0500. The van der Waals surface area contributed by atoms with E-state index in [4.69, 9.17) is 23.2 Å². The second kappa shape index (κ2) is 8.66. The number of aromatic nitrogens is 1. The van der Waals surface area contributed by atoms with Gasteiger partial charge in [-0.15, -0.1) is 0 Å². The van der Waals surface area contributed by atoms with E-state index in [0.717, 1.165) is 5.56 Å².